The Hall–Kier alpha value is -2.99. The van der Waals surface area contributed by atoms with Crippen molar-refractivity contribution in [1.82, 2.24) is 4.57 Å². The molecule has 4 rings (SSSR count). The highest BCUT2D eigenvalue weighted by Gasteiger charge is 2.10. The minimum absolute atomic E-state index is 0.0367. The summed E-state index contributed by atoms with van der Waals surface area (Å²) < 4.78 is 2.90. The summed E-state index contributed by atoms with van der Waals surface area (Å²) in [5.41, 5.74) is 4.09. The summed E-state index contributed by atoms with van der Waals surface area (Å²) in [5.74, 6) is 0. The molecule has 27 heavy (non-hydrogen) atoms. The molecule has 1 aromatic heterocycles. The number of hydrogen-bond acceptors (Lipinski definition) is 3. The molecule has 0 bridgehead atoms. The molecular formula is C21H16BrN3O2. The first kappa shape index (κ1) is 17.4. The van der Waals surface area contributed by atoms with Gasteiger partial charge >= 0.3 is 0 Å². The van der Waals surface area contributed by atoms with Crippen molar-refractivity contribution in [2.24, 2.45) is 4.99 Å². The van der Waals surface area contributed by atoms with Crippen molar-refractivity contribution >= 4 is 55.3 Å². The number of para-hydroxylation sites is 1. The van der Waals surface area contributed by atoms with E-state index in [-0.39, 0.29) is 5.69 Å². The third kappa shape index (κ3) is 3.13. The van der Waals surface area contributed by atoms with Crippen molar-refractivity contribution in [3.05, 3.63) is 80.8 Å². The van der Waals surface area contributed by atoms with E-state index in [1.807, 2.05) is 6.07 Å². The van der Waals surface area contributed by atoms with E-state index < -0.39 is 4.92 Å². The monoisotopic (exact) mass is 421 g/mol. The molecule has 1 heterocycles. The first-order valence-corrected chi connectivity index (χ1v) is 9.37. The molecule has 0 aliphatic carbocycles. The molecule has 3 aromatic carbocycles. The van der Waals surface area contributed by atoms with E-state index in [9.17, 15) is 10.1 Å². The highest BCUT2D eigenvalue weighted by Crippen LogP contribution is 2.31. The van der Waals surface area contributed by atoms with Gasteiger partial charge in [-0.1, -0.05) is 24.3 Å². The van der Waals surface area contributed by atoms with Crippen LogP contribution in [0.4, 0.5) is 11.4 Å². The molecule has 0 spiro atoms. The minimum Gasteiger partial charge on any atom is -0.341 e. The molecule has 134 valence electrons. The highest BCUT2D eigenvalue weighted by molar-refractivity contribution is 9.10. The van der Waals surface area contributed by atoms with Crippen LogP contribution in [-0.4, -0.2) is 15.7 Å². The number of nitro benzene ring substituents is 1. The van der Waals surface area contributed by atoms with Crippen molar-refractivity contribution in [3.63, 3.8) is 0 Å². The molecule has 4 aromatic rings. The van der Waals surface area contributed by atoms with Crippen LogP contribution < -0.4 is 0 Å². The van der Waals surface area contributed by atoms with E-state index in [1.165, 1.54) is 33.9 Å². The average Bonchev–Trinajstić information content (AvgIpc) is 3.00. The predicted molar refractivity (Wildman–Crippen MR) is 113 cm³/mol. The Bertz CT molecular complexity index is 1210. The van der Waals surface area contributed by atoms with Crippen LogP contribution in [0, 0.1) is 10.1 Å². The fraction of sp³-hybridized carbons (Fsp3) is 0.0952. The Balaban J connectivity index is 1.76. The Labute approximate surface area is 164 Å². The Morgan fingerprint density at radius 2 is 1.85 bits per heavy atom. The molecule has 0 atom stereocenters. The molecule has 0 radical (unpaired) electrons. The Morgan fingerprint density at radius 3 is 2.59 bits per heavy atom. The maximum absolute atomic E-state index is 10.8. The van der Waals surface area contributed by atoms with Gasteiger partial charge in [-0.25, -0.2) is 0 Å². The molecule has 5 nitrogen and oxygen atoms in total. The Morgan fingerprint density at radius 1 is 1.07 bits per heavy atom. The van der Waals surface area contributed by atoms with Crippen LogP contribution in [0.25, 0.3) is 21.8 Å². The van der Waals surface area contributed by atoms with Crippen molar-refractivity contribution < 1.29 is 4.92 Å². The number of halogens is 1. The van der Waals surface area contributed by atoms with Gasteiger partial charge in [0.05, 0.1) is 10.6 Å². The van der Waals surface area contributed by atoms with E-state index in [0.717, 1.165) is 12.1 Å². The zero-order valence-electron chi connectivity index (χ0n) is 14.6. The molecule has 0 unspecified atom stereocenters. The van der Waals surface area contributed by atoms with Crippen molar-refractivity contribution in [2.45, 2.75) is 13.5 Å². The molecule has 6 heteroatoms. The molecule has 0 fully saturated rings. The van der Waals surface area contributed by atoms with E-state index in [0.29, 0.717) is 10.2 Å². The lowest BCUT2D eigenvalue weighted by atomic mass is 10.1. The van der Waals surface area contributed by atoms with Gasteiger partial charge in [0.2, 0.25) is 0 Å². The van der Waals surface area contributed by atoms with Crippen molar-refractivity contribution in [1.29, 1.82) is 0 Å². The predicted octanol–water partition coefficient (Wildman–Crippen LogP) is 6.24. The lowest BCUT2D eigenvalue weighted by Crippen LogP contribution is -1.92. The second kappa shape index (κ2) is 6.96. The number of aliphatic imine (C=N–C) groups is 1. The van der Waals surface area contributed by atoms with Crippen LogP contribution in [0.3, 0.4) is 0 Å². The fourth-order valence-corrected chi connectivity index (χ4v) is 3.82. The van der Waals surface area contributed by atoms with Crippen LogP contribution in [0.5, 0.6) is 0 Å². The minimum atomic E-state index is -0.421. The van der Waals surface area contributed by atoms with Crippen molar-refractivity contribution in [3.8, 4) is 0 Å². The van der Waals surface area contributed by atoms with E-state index in [2.05, 4.69) is 68.8 Å². The summed E-state index contributed by atoms with van der Waals surface area (Å²) in [6.45, 7) is 3.06. The van der Waals surface area contributed by atoms with Crippen LogP contribution in [0.15, 0.2) is 70.1 Å². The molecule has 0 saturated carbocycles. The number of fused-ring (bicyclic) bond motifs is 3. The summed E-state index contributed by atoms with van der Waals surface area (Å²) in [6, 6.07) is 19.2. The standard InChI is InChI=1S/C21H16BrN3O2/c1-2-24-20-6-4-3-5-16(20)17-11-14(7-10-21(17)24)13-23-19-9-8-15(25(26)27)12-18(19)22/h3-13H,2H2,1H3. The quantitative estimate of drug-likeness (QED) is 0.222. The van der Waals surface area contributed by atoms with Crippen LogP contribution >= 0.6 is 15.9 Å². The first-order valence-electron chi connectivity index (χ1n) is 8.57. The number of benzene rings is 3. The molecule has 0 amide bonds. The van der Waals surface area contributed by atoms with Crippen molar-refractivity contribution in [2.75, 3.05) is 0 Å². The molecular weight excluding hydrogens is 406 g/mol. The van der Waals surface area contributed by atoms with Gasteiger partial charge in [0, 0.05) is 51.2 Å². The number of hydrogen-bond donors (Lipinski definition) is 0. The molecule has 0 saturated heterocycles. The van der Waals surface area contributed by atoms with Gasteiger partial charge in [-0.3, -0.25) is 15.1 Å². The van der Waals surface area contributed by atoms with E-state index >= 15 is 0 Å². The SMILES string of the molecule is CCn1c2ccccc2c2cc(C=Nc3ccc([N+](=O)[O-])cc3Br)ccc21. The number of rotatable bonds is 4. The van der Waals surface area contributed by atoms with Crippen LogP contribution in [0.2, 0.25) is 0 Å². The highest BCUT2D eigenvalue weighted by atomic mass is 79.9. The van der Waals surface area contributed by atoms with Crippen LogP contribution in [0.1, 0.15) is 12.5 Å². The van der Waals surface area contributed by atoms with Gasteiger partial charge < -0.3 is 4.57 Å². The summed E-state index contributed by atoms with van der Waals surface area (Å²) in [5, 5.41) is 13.3. The number of aryl methyl sites for hydroxylation is 1. The zero-order valence-corrected chi connectivity index (χ0v) is 16.2. The maximum Gasteiger partial charge on any atom is 0.270 e. The smallest absolute Gasteiger partial charge is 0.270 e. The lowest BCUT2D eigenvalue weighted by Gasteiger charge is -2.03. The zero-order chi connectivity index (χ0) is 19.0. The average molecular weight is 422 g/mol. The number of nitro groups is 1. The van der Waals surface area contributed by atoms with Gasteiger partial charge in [-0.05, 0) is 52.7 Å². The number of nitrogens with zero attached hydrogens (tertiary/aromatic N) is 3. The second-order valence-electron chi connectivity index (χ2n) is 6.19. The summed E-state index contributed by atoms with van der Waals surface area (Å²) in [6.07, 6.45) is 1.78. The van der Waals surface area contributed by atoms with E-state index in [4.69, 9.17) is 0 Å². The van der Waals surface area contributed by atoms with E-state index in [1.54, 1.807) is 12.3 Å². The van der Waals surface area contributed by atoms with Gasteiger partial charge in [0.1, 0.15) is 0 Å². The molecule has 0 N–H and O–H groups in total. The van der Waals surface area contributed by atoms with Crippen LogP contribution in [-0.2, 0) is 6.54 Å². The largest absolute Gasteiger partial charge is 0.341 e. The number of aromatic nitrogens is 1. The molecule has 0 aliphatic rings. The Kier molecular flexibility index (Phi) is 4.49. The lowest BCUT2D eigenvalue weighted by molar-refractivity contribution is -0.384. The summed E-state index contributed by atoms with van der Waals surface area (Å²) in [7, 11) is 0. The number of non-ortho nitro benzene ring substituents is 1. The summed E-state index contributed by atoms with van der Waals surface area (Å²) >= 11 is 3.35. The molecule has 0 aliphatic heterocycles. The van der Waals surface area contributed by atoms with Gasteiger partial charge in [-0.2, -0.15) is 0 Å². The first-order chi connectivity index (χ1) is 13.1. The normalized spacial score (nSPS) is 11.6. The third-order valence-corrected chi connectivity index (χ3v) is 5.24. The maximum atomic E-state index is 10.8. The van der Waals surface area contributed by atoms with Gasteiger partial charge in [0.25, 0.3) is 5.69 Å². The topological polar surface area (TPSA) is 60.4 Å². The third-order valence-electron chi connectivity index (χ3n) is 4.61. The second-order valence-corrected chi connectivity index (χ2v) is 7.04. The summed E-state index contributed by atoms with van der Waals surface area (Å²) in [4.78, 5) is 14.9. The van der Waals surface area contributed by atoms with Gasteiger partial charge in [-0.15, -0.1) is 0 Å². The van der Waals surface area contributed by atoms with Gasteiger partial charge in [0.15, 0.2) is 0 Å². The fourth-order valence-electron chi connectivity index (χ4n) is 3.35.